The molecular formula is C18H23F3N2O4. The molecule has 1 aliphatic rings. The first kappa shape index (κ1) is 21.0. The number of rotatable bonds is 8. The van der Waals surface area contributed by atoms with Crippen molar-refractivity contribution >= 4 is 12.4 Å². The van der Waals surface area contributed by atoms with Crippen molar-refractivity contribution in [1.29, 1.82) is 0 Å². The lowest BCUT2D eigenvalue weighted by atomic mass is 10.2. The van der Waals surface area contributed by atoms with Gasteiger partial charge in [0.25, 0.3) is 0 Å². The molecule has 1 amide bonds. The Bertz CT molecular complexity index is 617. The van der Waals surface area contributed by atoms with Crippen LogP contribution in [0.3, 0.4) is 0 Å². The van der Waals surface area contributed by atoms with Gasteiger partial charge in [-0.3, -0.25) is 4.90 Å². The Morgan fingerprint density at radius 2 is 1.89 bits per heavy atom. The highest BCUT2D eigenvalue weighted by Gasteiger charge is 2.31. The van der Waals surface area contributed by atoms with Gasteiger partial charge in [-0.2, -0.15) is 0 Å². The van der Waals surface area contributed by atoms with E-state index in [0.29, 0.717) is 25.1 Å². The first-order valence-electron chi connectivity index (χ1n) is 8.80. The lowest BCUT2D eigenvalue weighted by molar-refractivity contribution is -0.274. The molecule has 0 unspecified atom stereocenters. The molecule has 150 valence electrons. The molecule has 0 atom stereocenters. The molecule has 9 heteroatoms. The fraction of sp³-hybridized carbons (Fsp3) is 0.556. The third kappa shape index (κ3) is 7.86. The molecule has 0 aromatic heterocycles. The number of piperazine rings is 1. The van der Waals surface area contributed by atoms with Crippen molar-refractivity contribution in [3.8, 4) is 5.75 Å². The maximum absolute atomic E-state index is 12.2. The molecular weight excluding hydrogens is 365 g/mol. The molecule has 0 bridgehead atoms. The highest BCUT2D eigenvalue weighted by Crippen LogP contribution is 2.23. The first-order chi connectivity index (χ1) is 12.9. The summed E-state index contributed by atoms with van der Waals surface area (Å²) in [7, 11) is 0. The fourth-order valence-electron chi connectivity index (χ4n) is 2.79. The molecule has 0 spiro atoms. The number of hydrogen-bond acceptors (Lipinski definition) is 5. The summed E-state index contributed by atoms with van der Waals surface area (Å²) in [5.74, 6) is -0.348. The minimum Gasteiger partial charge on any atom is -0.445 e. The van der Waals surface area contributed by atoms with E-state index in [1.54, 1.807) is 11.0 Å². The molecule has 1 aromatic rings. The molecule has 1 aliphatic heterocycles. The van der Waals surface area contributed by atoms with E-state index in [9.17, 15) is 22.8 Å². The van der Waals surface area contributed by atoms with Crippen LogP contribution in [0.5, 0.6) is 5.75 Å². The normalized spacial score (nSPS) is 15.4. The van der Waals surface area contributed by atoms with Crippen molar-refractivity contribution in [2.45, 2.75) is 32.2 Å². The molecule has 6 nitrogen and oxygen atoms in total. The summed E-state index contributed by atoms with van der Waals surface area (Å²) < 4.78 is 45.8. The topological polar surface area (TPSA) is 59.1 Å². The van der Waals surface area contributed by atoms with E-state index in [1.165, 1.54) is 18.2 Å². The zero-order valence-electron chi connectivity index (χ0n) is 14.9. The Balaban J connectivity index is 1.72. The predicted molar refractivity (Wildman–Crippen MR) is 91.2 cm³/mol. The maximum atomic E-state index is 12.2. The molecule has 0 N–H and O–H groups in total. The highest BCUT2D eigenvalue weighted by molar-refractivity contribution is 5.67. The molecule has 1 saturated heterocycles. The lowest BCUT2D eigenvalue weighted by Gasteiger charge is -2.34. The second-order valence-corrected chi connectivity index (χ2v) is 6.24. The number of nitrogens with zero attached hydrogens (tertiary/aromatic N) is 2. The van der Waals surface area contributed by atoms with E-state index in [-0.39, 0.29) is 12.4 Å². The van der Waals surface area contributed by atoms with Gasteiger partial charge in [-0.25, -0.2) is 4.79 Å². The average molecular weight is 388 g/mol. The number of hydrogen-bond donors (Lipinski definition) is 0. The number of alkyl halides is 3. The van der Waals surface area contributed by atoms with E-state index in [4.69, 9.17) is 4.74 Å². The van der Waals surface area contributed by atoms with Crippen molar-refractivity contribution in [2.75, 3.05) is 32.7 Å². The Kier molecular flexibility index (Phi) is 7.90. The van der Waals surface area contributed by atoms with Gasteiger partial charge in [0.05, 0.1) is 0 Å². The van der Waals surface area contributed by atoms with Gasteiger partial charge in [-0.05, 0) is 37.1 Å². The van der Waals surface area contributed by atoms with Gasteiger partial charge < -0.3 is 19.2 Å². The fourth-order valence-corrected chi connectivity index (χ4v) is 2.79. The zero-order valence-corrected chi connectivity index (χ0v) is 14.9. The lowest BCUT2D eigenvalue weighted by Crippen LogP contribution is -2.48. The summed E-state index contributed by atoms with van der Waals surface area (Å²) in [5.41, 5.74) is 0.416. The summed E-state index contributed by atoms with van der Waals surface area (Å²) in [4.78, 5) is 26.2. The molecule has 1 fully saturated rings. The van der Waals surface area contributed by atoms with Crippen LogP contribution in [0.1, 0.15) is 24.8 Å². The Labute approximate surface area is 155 Å². The number of carbonyl (C=O) groups is 2. The van der Waals surface area contributed by atoms with E-state index >= 15 is 0 Å². The van der Waals surface area contributed by atoms with Crippen LogP contribution >= 0.6 is 0 Å². The Hall–Kier alpha value is -2.29. The number of benzene rings is 1. The number of amides is 1. The number of carbonyl (C=O) groups excluding carboxylic acids is 2. The summed E-state index contributed by atoms with van der Waals surface area (Å²) in [6, 6.07) is 5.35. The summed E-state index contributed by atoms with van der Waals surface area (Å²) in [6.45, 7) is 3.28. The SMILES string of the molecule is O=CCCCCN1CCN(C(=O)OCc2cccc(OC(F)(F)F)c2)CC1. The predicted octanol–water partition coefficient (Wildman–Crippen LogP) is 3.21. The van der Waals surface area contributed by atoms with E-state index < -0.39 is 12.5 Å². The molecule has 1 aromatic carbocycles. The van der Waals surface area contributed by atoms with E-state index in [2.05, 4.69) is 9.64 Å². The van der Waals surface area contributed by atoms with Crippen molar-refractivity contribution in [1.82, 2.24) is 9.80 Å². The van der Waals surface area contributed by atoms with Gasteiger partial charge in [0, 0.05) is 32.6 Å². The van der Waals surface area contributed by atoms with Crippen LogP contribution in [0.2, 0.25) is 0 Å². The molecule has 0 aliphatic carbocycles. The summed E-state index contributed by atoms with van der Waals surface area (Å²) in [6.07, 6.45) is -1.96. The van der Waals surface area contributed by atoms with Gasteiger partial charge in [0.2, 0.25) is 0 Å². The molecule has 0 saturated carbocycles. The van der Waals surface area contributed by atoms with Crippen LogP contribution in [-0.4, -0.2) is 61.3 Å². The highest BCUT2D eigenvalue weighted by atomic mass is 19.4. The van der Waals surface area contributed by atoms with Gasteiger partial charge in [-0.1, -0.05) is 12.1 Å². The van der Waals surface area contributed by atoms with Crippen molar-refractivity contribution < 1.29 is 32.2 Å². The van der Waals surface area contributed by atoms with E-state index in [0.717, 1.165) is 38.8 Å². The van der Waals surface area contributed by atoms with Gasteiger partial charge in [0.1, 0.15) is 18.6 Å². The third-order valence-electron chi connectivity index (χ3n) is 4.17. The van der Waals surface area contributed by atoms with Crippen LogP contribution in [-0.2, 0) is 16.1 Å². The average Bonchev–Trinajstić information content (AvgIpc) is 2.63. The largest absolute Gasteiger partial charge is 0.573 e. The van der Waals surface area contributed by atoms with Crippen LogP contribution in [0.4, 0.5) is 18.0 Å². The maximum Gasteiger partial charge on any atom is 0.573 e. The summed E-state index contributed by atoms with van der Waals surface area (Å²) >= 11 is 0. The molecule has 1 heterocycles. The minimum absolute atomic E-state index is 0.125. The number of aldehydes is 1. The monoisotopic (exact) mass is 388 g/mol. The quantitative estimate of drug-likeness (QED) is 0.506. The second-order valence-electron chi connectivity index (χ2n) is 6.24. The van der Waals surface area contributed by atoms with Gasteiger partial charge in [0.15, 0.2) is 0 Å². The Morgan fingerprint density at radius 1 is 1.15 bits per heavy atom. The number of halogens is 3. The van der Waals surface area contributed by atoms with Crippen LogP contribution in [0.15, 0.2) is 24.3 Å². The number of unbranched alkanes of at least 4 members (excludes halogenated alkanes) is 2. The molecule has 0 radical (unpaired) electrons. The Morgan fingerprint density at radius 3 is 2.56 bits per heavy atom. The van der Waals surface area contributed by atoms with Crippen molar-refractivity contribution in [3.05, 3.63) is 29.8 Å². The van der Waals surface area contributed by atoms with Crippen LogP contribution in [0.25, 0.3) is 0 Å². The van der Waals surface area contributed by atoms with Crippen LogP contribution in [0, 0.1) is 0 Å². The van der Waals surface area contributed by atoms with E-state index in [1.807, 2.05) is 0 Å². The zero-order chi connectivity index (χ0) is 19.7. The number of ether oxygens (including phenoxy) is 2. The summed E-state index contributed by atoms with van der Waals surface area (Å²) in [5, 5.41) is 0. The third-order valence-corrected chi connectivity index (χ3v) is 4.17. The first-order valence-corrected chi connectivity index (χ1v) is 8.80. The minimum atomic E-state index is -4.76. The second kappa shape index (κ2) is 10.1. The van der Waals surface area contributed by atoms with Gasteiger partial charge in [-0.15, -0.1) is 13.2 Å². The van der Waals surface area contributed by atoms with Crippen molar-refractivity contribution in [2.24, 2.45) is 0 Å². The van der Waals surface area contributed by atoms with Crippen LogP contribution < -0.4 is 4.74 Å². The van der Waals surface area contributed by atoms with Crippen molar-refractivity contribution in [3.63, 3.8) is 0 Å². The van der Waals surface area contributed by atoms with Gasteiger partial charge >= 0.3 is 12.5 Å². The molecule has 27 heavy (non-hydrogen) atoms. The smallest absolute Gasteiger partial charge is 0.445 e. The standard InChI is InChI=1S/C18H23F3N2O4/c19-18(20,21)27-16-6-4-5-15(13-16)14-26-17(25)23-10-8-22(9-11-23)7-2-1-3-12-24/h4-6,12-13H,1-3,7-11,14H2. The molecule has 2 rings (SSSR count).